The van der Waals surface area contributed by atoms with Crippen LogP contribution in [0.1, 0.15) is 29.6 Å². The first-order valence-electron chi connectivity index (χ1n) is 5.55. The molecule has 96 valence electrons. The van der Waals surface area contributed by atoms with Crippen molar-refractivity contribution in [1.29, 1.82) is 0 Å². The average Bonchev–Trinajstić information content (AvgIpc) is 2.28. The van der Waals surface area contributed by atoms with Gasteiger partial charge in [0.15, 0.2) is 0 Å². The number of hydrogen-bond donors (Lipinski definition) is 3. The zero-order chi connectivity index (χ0) is 13.3. The summed E-state index contributed by atoms with van der Waals surface area (Å²) >= 11 is 5.91. The number of nitrogens with one attached hydrogen (secondary N) is 1. The van der Waals surface area contributed by atoms with Crippen molar-refractivity contribution in [2.45, 2.75) is 24.8 Å². The first kappa shape index (κ1) is 12.9. The maximum atomic E-state index is 11.9. The molecule has 0 spiro atoms. The lowest BCUT2D eigenvalue weighted by atomic mass is 9.77. The lowest BCUT2D eigenvalue weighted by Crippen LogP contribution is -2.56. The molecule has 4 N–H and O–H groups in total. The topological polar surface area (TPSA) is 92.4 Å². The van der Waals surface area contributed by atoms with Gasteiger partial charge in [-0.05, 0) is 37.5 Å². The van der Waals surface area contributed by atoms with Crippen molar-refractivity contribution in [2.24, 2.45) is 5.73 Å². The van der Waals surface area contributed by atoms with Gasteiger partial charge in [-0.2, -0.15) is 0 Å². The van der Waals surface area contributed by atoms with Crippen molar-refractivity contribution in [1.82, 2.24) is 0 Å². The molecule has 5 nitrogen and oxygen atoms in total. The van der Waals surface area contributed by atoms with Crippen LogP contribution in [0.25, 0.3) is 0 Å². The molecule has 0 heterocycles. The molecule has 0 bridgehead atoms. The largest absolute Gasteiger partial charge is 0.478 e. The summed E-state index contributed by atoms with van der Waals surface area (Å²) in [6.07, 6.45) is 2.19. The number of carboxylic acids is 1. The highest BCUT2D eigenvalue weighted by atomic mass is 35.5. The van der Waals surface area contributed by atoms with Crippen LogP contribution in [0.3, 0.4) is 0 Å². The Morgan fingerprint density at radius 2 is 2.06 bits per heavy atom. The molecule has 1 fully saturated rings. The van der Waals surface area contributed by atoms with E-state index in [2.05, 4.69) is 5.32 Å². The number of benzene rings is 1. The number of amides is 1. The summed E-state index contributed by atoms with van der Waals surface area (Å²) in [7, 11) is 0. The van der Waals surface area contributed by atoms with Crippen molar-refractivity contribution in [3.05, 3.63) is 28.8 Å². The van der Waals surface area contributed by atoms with Crippen molar-refractivity contribution in [3.63, 3.8) is 0 Å². The van der Waals surface area contributed by atoms with Crippen LogP contribution in [-0.2, 0) is 4.79 Å². The number of carboxylic acid groups (broad SMARTS) is 1. The van der Waals surface area contributed by atoms with E-state index in [0.29, 0.717) is 12.8 Å². The molecule has 2 rings (SSSR count). The third-order valence-electron chi connectivity index (χ3n) is 3.16. The fourth-order valence-corrected chi connectivity index (χ4v) is 1.95. The van der Waals surface area contributed by atoms with Crippen LogP contribution in [0.5, 0.6) is 0 Å². The Bertz CT molecular complexity index is 512. The van der Waals surface area contributed by atoms with Crippen molar-refractivity contribution < 1.29 is 14.7 Å². The summed E-state index contributed by atoms with van der Waals surface area (Å²) in [5.41, 5.74) is 5.37. The van der Waals surface area contributed by atoms with Gasteiger partial charge in [0.1, 0.15) is 0 Å². The molecule has 0 unspecified atom stereocenters. The van der Waals surface area contributed by atoms with E-state index >= 15 is 0 Å². The fraction of sp³-hybridized carbons (Fsp3) is 0.333. The van der Waals surface area contributed by atoms with Crippen LogP contribution in [0.15, 0.2) is 18.2 Å². The third kappa shape index (κ3) is 2.32. The van der Waals surface area contributed by atoms with E-state index in [4.69, 9.17) is 22.4 Å². The van der Waals surface area contributed by atoms with Gasteiger partial charge in [0.2, 0.25) is 5.91 Å². The zero-order valence-corrected chi connectivity index (χ0v) is 10.3. The third-order valence-corrected chi connectivity index (χ3v) is 3.49. The summed E-state index contributed by atoms with van der Waals surface area (Å²) < 4.78 is 0. The number of hydrogen-bond acceptors (Lipinski definition) is 3. The van der Waals surface area contributed by atoms with Crippen LogP contribution >= 0.6 is 11.6 Å². The molecular weight excluding hydrogens is 256 g/mol. The number of nitrogens with two attached hydrogens (primary N) is 1. The summed E-state index contributed by atoms with van der Waals surface area (Å²) in [5, 5.41) is 11.7. The predicted octanol–water partition coefficient (Wildman–Crippen LogP) is 1.86. The smallest absolute Gasteiger partial charge is 0.335 e. The van der Waals surface area contributed by atoms with Crippen LogP contribution < -0.4 is 11.1 Å². The fourth-order valence-electron chi connectivity index (χ4n) is 1.79. The van der Waals surface area contributed by atoms with E-state index in [-0.39, 0.29) is 22.2 Å². The molecule has 0 saturated heterocycles. The van der Waals surface area contributed by atoms with Gasteiger partial charge in [0.25, 0.3) is 0 Å². The molecule has 1 saturated carbocycles. The maximum absolute atomic E-state index is 11.9. The molecule has 1 aromatic rings. The second-order valence-electron chi connectivity index (χ2n) is 4.46. The van der Waals surface area contributed by atoms with Gasteiger partial charge >= 0.3 is 5.97 Å². The second-order valence-corrected chi connectivity index (χ2v) is 4.87. The van der Waals surface area contributed by atoms with Gasteiger partial charge in [-0.25, -0.2) is 4.79 Å². The number of halogens is 1. The minimum absolute atomic E-state index is 0.0642. The van der Waals surface area contributed by atoms with Gasteiger partial charge in [0, 0.05) is 0 Å². The number of carbonyl (C=O) groups excluding carboxylic acids is 1. The van der Waals surface area contributed by atoms with Crippen LogP contribution in [0.2, 0.25) is 5.02 Å². The number of rotatable bonds is 3. The first-order chi connectivity index (χ1) is 8.42. The first-order valence-corrected chi connectivity index (χ1v) is 5.93. The van der Waals surface area contributed by atoms with E-state index < -0.39 is 11.5 Å². The van der Waals surface area contributed by atoms with E-state index in [0.717, 1.165) is 6.42 Å². The molecule has 1 amide bonds. The van der Waals surface area contributed by atoms with Gasteiger partial charge in [-0.3, -0.25) is 4.79 Å². The maximum Gasteiger partial charge on any atom is 0.335 e. The van der Waals surface area contributed by atoms with Gasteiger partial charge in [0.05, 0.1) is 21.8 Å². The van der Waals surface area contributed by atoms with Gasteiger partial charge in [-0.1, -0.05) is 11.6 Å². The Balaban J connectivity index is 2.20. The molecule has 18 heavy (non-hydrogen) atoms. The summed E-state index contributed by atoms with van der Waals surface area (Å²) in [5.74, 6) is -1.40. The molecular formula is C12H13ClN2O3. The average molecular weight is 269 g/mol. The van der Waals surface area contributed by atoms with Crippen LogP contribution in [0, 0.1) is 0 Å². The second kappa shape index (κ2) is 4.59. The minimum atomic E-state index is -1.08. The Labute approximate surface area is 109 Å². The van der Waals surface area contributed by atoms with Crippen molar-refractivity contribution in [3.8, 4) is 0 Å². The van der Waals surface area contributed by atoms with E-state index in [9.17, 15) is 9.59 Å². The summed E-state index contributed by atoms with van der Waals surface area (Å²) in [6, 6.07) is 4.14. The lowest BCUT2D eigenvalue weighted by molar-refractivity contribution is -0.123. The highest BCUT2D eigenvalue weighted by Gasteiger charge is 2.40. The highest BCUT2D eigenvalue weighted by molar-refractivity contribution is 6.34. The standard InChI is InChI=1S/C12H13ClN2O3/c13-8-3-2-7(10(16)17)6-9(8)15-11(18)12(14)4-1-5-12/h2-3,6H,1,4-5,14H2,(H,15,18)(H,16,17). The van der Waals surface area contributed by atoms with E-state index in [1.165, 1.54) is 18.2 Å². The zero-order valence-electron chi connectivity index (χ0n) is 9.57. The molecule has 0 radical (unpaired) electrons. The van der Waals surface area contributed by atoms with Crippen molar-refractivity contribution >= 4 is 29.2 Å². The van der Waals surface area contributed by atoms with Crippen LogP contribution in [0.4, 0.5) is 5.69 Å². The van der Waals surface area contributed by atoms with E-state index in [1.807, 2.05) is 0 Å². The molecule has 0 atom stereocenters. The van der Waals surface area contributed by atoms with Crippen LogP contribution in [-0.4, -0.2) is 22.5 Å². The molecule has 1 aromatic carbocycles. The quantitative estimate of drug-likeness (QED) is 0.780. The minimum Gasteiger partial charge on any atom is -0.478 e. The molecule has 1 aliphatic carbocycles. The molecule has 0 aromatic heterocycles. The Kier molecular flexibility index (Phi) is 3.28. The van der Waals surface area contributed by atoms with E-state index in [1.54, 1.807) is 0 Å². The highest BCUT2D eigenvalue weighted by Crippen LogP contribution is 2.31. The Morgan fingerprint density at radius 3 is 2.56 bits per heavy atom. The SMILES string of the molecule is NC1(C(=O)Nc2cc(C(=O)O)ccc2Cl)CCC1. The monoisotopic (exact) mass is 268 g/mol. The number of anilines is 1. The number of carbonyl (C=O) groups is 2. The predicted molar refractivity (Wildman–Crippen MR) is 67.8 cm³/mol. The molecule has 1 aliphatic rings. The summed E-state index contributed by atoms with van der Waals surface area (Å²) in [4.78, 5) is 22.7. The van der Waals surface area contributed by atoms with Gasteiger partial charge in [-0.15, -0.1) is 0 Å². The van der Waals surface area contributed by atoms with Crippen molar-refractivity contribution in [2.75, 3.05) is 5.32 Å². The van der Waals surface area contributed by atoms with Gasteiger partial charge < -0.3 is 16.2 Å². The number of aromatic carboxylic acids is 1. The summed E-state index contributed by atoms with van der Waals surface area (Å²) in [6.45, 7) is 0. The molecule has 6 heteroatoms. The molecule has 0 aliphatic heterocycles. The normalized spacial score (nSPS) is 16.8. The Morgan fingerprint density at radius 1 is 1.39 bits per heavy atom. The Hall–Kier alpha value is -1.59. The lowest BCUT2D eigenvalue weighted by Gasteiger charge is -2.36.